The van der Waals surface area contributed by atoms with Gasteiger partial charge in [-0.05, 0) is 60.9 Å². The average Bonchev–Trinajstić information content (AvgIpc) is 3.88. The smallest absolute Gasteiger partial charge is 0.243 e. The van der Waals surface area contributed by atoms with E-state index in [9.17, 15) is 0 Å². The molecule has 0 bridgehead atoms. The molecular formula is C45H49N11O4. The van der Waals surface area contributed by atoms with Gasteiger partial charge in [-0.2, -0.15) is 9.97 Å². The summed E-state index contributed by atoms with van der Waals surface area (Å²) in [5.41, 5.74) is 9.76. The van der Waals surface area contributed by atoms with Gasteiger partial charge in [-0.3, -0.25) is 4.98 Å². The summed E-state index contributed by atoms with van der Waals surface area (Å²) in [6, 6.07) is 22.6. The number of aromatic nitrogens is 7. The van der Waals surface area contributed by atoms with E-state index in [-0.39, 0.29) is 0 Å². The molecule has 4 N–H and O–H groups in total. The minimum Gasteiger partial charge on any atom is -0.493 e. The number of methoxy groups -OCH3 is 2. The summed E-state index contributed by atoms with van der Waals surface area (Å²) in [5, 5.41) is 8.86. The van der Waals surface area contributed by atoms with Crippen molar-refractivity contribution in [2.75, 3.05) is 89.6 Å². The van der Waals surface area contributed by atoms with Crippen LogP contribution in [0.4, 0.5) is 11.9 Å². The molecule has 0 aliphatic carbocycles. The summed E-state index contributed by atoms with van der Waals surface area (Å²) < 4.78 is 22.6. The third-order valence-electron chi connectivity index (χ3n) is 10.9. The minimum absolute atomic E-state index is 0.541. The molecule has 3 aromatic carbocycles. The van der Waals surface area contributed by atoms with Crippen LogP contribution in [0.2, 0.25) is 0 Å². The van der Waals surface area contributed by atoms with Crippen LogP contribution in [0.5, 0.6) is 23.3 Å². The zero-order valence-electron chi connectivity index (χ0n) is 34.3. The van der Waals surface area contributed by atoms with Crippen molar-refractivity contribution in [3.63, 3.8) is 0 Å². The number of aromatic amines is 2. The standard InChI is InChI=1S/C24H27N5O3.C21H22N6O/c1-4-32-23-22-21(27-24(28-23)29-11-9-25-10-12-29)17-7-5-15(13-18(17)26-22)16-6-8-19(30-2)20(14-16)31-3;1-2-28-20-19-18(25-21(26-20)27-10-8-22-9-11-27)16-6-5-14(12-17(16)24-19)15-4-3-7-23-13-15/h5-8,13-14,25-26H,4,9-12H2,1-3H3;3-7,12-13,22,24H,2,8-11H2,1H3. The maximum atomic E-state index is 5.90. The molecule has 7 heterocycles. The van der Waals surface area contributed by atoms with Crippen LogP contribution in [-0.4, -0.2) is 115 Å². The maximum absolute atomic E-state index is 5.90. The number of hydrogen-bond donors (Lipinski definition) is 4. The molecule has 60 heavy (non-hydrogen) atoms. The highest BCUT2D eigenvalue weighted by Gasteiger charge is 2.22. The Bertz CT molecular complexity index is 2760. The Morgan fingerprint density at radius 3 is 1.55 bits per heavy atom. The number of piperazine rings is 2. The predicted molar refractivity (Wildman–Crippen MR) is 237 cm³/mol. The van der Waals surface area contributed by atoms with E-state index < -0.39 is 0 Å². The van der Waals surface area contributed by atoms with Gasteiger partial charge in [0.05, 0.1) is 27.4 Å². The summed E-state index contributed by atoms with van der Waals surface area (Å²) in [6.07, 6.45) is 3.66. The maximum Gasteiger partial charge on any atom is 0.243 e. The Hall–Kier alpha value is -6.71. The van der Waals surface area contributed by atoms with Gasteiger partial charge in [0.15, 0.2) is 11.5 Å². The Morgan fingerprint density at radius 2 is 1.07 bits per heavy atom. The molecule has 0 amide bonds. The largest absolute Gasteiger partial charge is 0.493 e. The van der Waals surface area contributed by atoms with Crippen LogP contribution in [0, 0.1) is 0 Å². The number of rotatable bonds is 10. The van der Waals surface area contributed by atoms with Crippen LogP contribution < -0.4 is 39.4 Å². The van der Waals surface area contributed by atoms with Gasteiger partial charge in [-0.25, -0.2) is 9.97 Å². The van der Waals surface area contributed by atoms with Crippen LogP contribution >= 0.6 is 0 Å². The highest BCUT2D eigenvalue weighted by atomic mass is 16.5. The lowest BCUT2D eigenvalue weighted by Crippen LogP contribution is -2.44. The second-order valence-corrected chi connectivity index (χ2v) is 14.5. The van der Waals surface area contributed by atoms with E-state index in [1.54, 1.807) is 20.4 Å². The molecule has 15 heteroatoms. The molecule has 0 spiro atoms. The second kappa shape index (κ2) is 17.3. The molecule has 8 aromatic rings. The van der Waals surface area contributed by atoms with Gasteiger partial charge < -0.3 is 49.3 Å². The summed E-state index contributed by atoms with van der Waals surface area (Å²) >= 11 is 0. The molecule has 10 rings (SSSR count). The summed E-state index contributed by atoms with van der Waals surface area (Å²) in [5.74, 6) is 4.06. The number of H-pyrrole nitrogens is 2. The van der Waals surface area contributed by atoms with Crippen molar-refractivity contribution in [1.82, 2.24) is 45.5 Å². The highest BCUT2D eigenvalue weighted by Crippen LogP contribution is 2.37. The first-order valence-electron chi connectivity index (χ1n) is 20.5. The van der Waals surface area contributed by atoms with Gasteiger partial charge in [0.2, 0.25) is 23.7 Å². The van der Waals surface area contributed by atoms with Crippen LogP contribution in [0.15, 0.2) is 79.1 Å². The van der Waals surface area contributed by atoms with Crippen molar-refractivity contribution < 1.29 is 18.9 Å². The highest BCUT2D eigenvalue weighted by molar-refractivity contribution is 6.09. The Labute approximate surface area is 347 Å². The monoisotopic (exact) mass is 807 g/mol. The molecule has 0 radical (unpaired) electrons. The Kier molecular flexibility index (Phi) is 11.2. The SMILES string of the molecule is CCOc1nc(N2CCNCC2)nc2c1[nH]c1cc(-c3ccc(OC)c(OC)c3)ccc12.CCOc1nc(N2CCNCC2)nc2c1[nH]c1cc(-c3cccnc3)ccc12. The fourth-order valence-corrected chi connectivity index (χ4v) is 7.85. The first-order chi connectivity index (χ1) is 29.5. The summed E-state index contributed by atoms with van der Waals surface area (Å²) in [7, 11) is 3.28. The van der Waals surface area contributed by atoms with Crippen LogP contribution in [-0.2, 0) is 0 Å². The summed E-state index contributed by atoms with van der Waals surface area (Å²) in [6.45, 7) is 12.3. The topological polar surface area (TPSA) is 163 Å². The van der Waals surface area contributed by atoms with E-state index in [0.717, 1.165) is 124 Å². The van der Waals surface area contributed by atoms with Gasteiger partial charge in [-0.15, -0.1) is 0 Å². The van der Waals surface area contributed by atoms with E-state index in [4.69, 9.17) is 38.9 Å². The first-order valence-corrected chi connectivity index (χ1v) is 20.5. The van der Waals surface area contributed by atoms with Crippen molar-refractivity contribution in [3.8, 4) is 45.5 Å². The number of nitrogens with one attached hydrogen (secondary N) is 4. The van der Waals surface area contributed by atoms with Crippen LogP contribution in [0.1, 0.15) is 13.8 Å². The molecule has 2 saturated heterocycles. The zero-order valence-corrected chi connectivity index (χ0v) is 34.3. The fourth-order valence-electron chi connectivity index (χ4n) is 7.85. The third kappa shape index (κ3) is 7.64. The Morgan fingerprint density at radius 1 is 0.567 bits per heavy atom. The Balaban J connectivity index is 0.000000155. The zero-order chi connectivity index (χ0) is 41.0. The number of nitrogens with zero attached hydrogens (tertiary/aromatic N) is 7. The van der Waals surface area contributed by atoms with E-state index in [1.165, 1.54) is 0 Å². The van der Waals surface area contributed by atoms with Crippen molar-refractivity contribution in [3.05, 3.63) is 79.1 Å². The fraction of sp³-hybridized carbons (Fsp3) is 0.311. The minimum atomic E-state index is 0.541. The number of pyridine rings is 1. The van der Waals surface area contributed by atoms with Crippen LogP contribution in [0.3, 0.4) is 0 Å². The molecule has 2 aliphatic rings. The van der Waals surface area contributed by atoms with E-state index >= 15 is 0 Å². The van der Waals surface area contributed by atoms with E-state index in [1.807, 2.05) is 44.3 Å². The number of hydrogen-bond acceptors (Lipinski definition) is 13. The summed E-state index contributed by atoms with van der Waals surface area (Å²) in [4.78, 5) is 34.9. The molecule has 5 aromatic heterocycles. The number of anilines is 2. The van der Waals surface area contributed by atoms with Crippen LogP contribution in [0.25, 0.3) is 66.1 Å². The molecule has 0 unspecified atom stereocenters. The molecule has 2 aliphatic heterocycles. The molecular weight excluding hydrogens is 759 g/mol. The van der Waals surface area contributed by atoms with Gasteiger partial charge in [0.1, 0.15) is 22.1 Å². The third-order valence-corrected chi connectivity index (χ3v) is 10.9. The lowest BCUT2D eigenvalue weighted by Gasteiger charge is -2.27. The van der Waals surface area contributed by atoms with Gasteiger partial charge >= 0.3 is 0 Å². The molecule has 308 valence electrons. The van der Waals surface area contributed by atoms with Crippen molar-refractivity contribution in [1.29, 1.82) is 0 Å². The van der Waals surface area contributed by atoms with Gasteiger partial charge in [-0.1, -0.05) is 36.4 Å². The number of benzene rings is 3. The first kappa shape index (κ1) is 38.8. The normalized spacial score (nSPS) is 14.4. The lowest BCUT2D eigenvalue weighted by molar-refractivity contribution is 0.330. The molecule has 2 fully saturated rings. The van der Waals surface area contributed by atoms with E-state index in [0.29, 0.717) is 42.4 Å². The lowest BCUT2D eigenvalue weighted by atomic mass is 10.0. The number of fused-ring (bicyclic) bond motifs is 6. The quantitative estimate of drug-likeness (QED) is 0.117. The van der Waals surface area contributed by atoms with Crippen molar-refractivity contribution in [2.24, 2.45) is 0 Å². The molecule has 0 saturated carbocycles. The van der Waals surface area contributed by atoms with Crippen molar-refractivity contribution in [2.45, 2.75) is 13.8 Å². The second-order valence-electron chi connectivity index (χ2n) is 14.5. The van der Waals surface area contributed by atoms with Crippen molar-refractivity contribution >= 4 is 55.8 Å². The average molecular weight is 808 g/mol. The molecule has 15 nitrogen and oxygen atoms in total. The molecule has 0 atom stereocenters. The predicted octanol–water partition coefficient (Wildman–Crippen LogP) is 6.59. The number of ether oxygens (including phenoxy) is 4. The van der Waals surface area contributed by atoms with E-state index in [2.05, 4.69) is 77.8 Å². The van der Waals surface area contributed by atoms with Gasteiger partial charge in [0.25, 0.3) is 0 Å². The van der Waals surface area contributed by atoms with Gasteiger partial charge in [0, 0.05) is 92.1 Å².